The lowest BCUT2D eigenvalue weighted by Crippen LogP contribution is -2.38. The molecule has 2 heterocycles. The Hall–Kier alpha value is -1.58. The minimum atomic E-state index is 0. The van der Waals surface area contributed by atoms with E-state index in [9.17, 15) is 0 Å². The van der Waals surface area contributed by atoms with Crippen molar-refractivity contribution >= 4 is 29.9 Å². The fourth-order valence-corrected chi connectivity index (χ4v) is 2.66. The average molecular weight is 474 g/mol. The lowest BCUT2D eigenvalue weighted by atomic mass is 10.1. The van der Waals surface area contributed by atoms with Crippen molar-refractivity contribution in [2.75, 3.05) is 13.1 Å². The summed E-state index contributed by atoms with van der Waals surface area (Å²) in [4.78, 5) is 4.58. The molecule has 0 unspecified atom stereocenters. The highest BCUT2D eigenvalue weighted by Gasteiger charge is 2.10. The first-order valence-corrected chi connectivity index (χ1v) is 8.89. The van der Waals surface area contributed by atoms with Gasteiger partial charge in [-0.05, 0) is 38.7 Å². The first-order chi connectivity index (χ1) is 11.9. The molecule has 0 aromatic carbocycles. The van der Waals surface area contributed by atoms with Crippen LogP contribution in [0.25, 0.3) is 0 Å². The third-order valence-corrected chi connectivity index (χ3v) is 4.23. The molecule has 2 N–H and O–H groups in total. The van der Waals surface area contributed by atoms with Crippen molar-refractivity contribution in [1.29, 1.82) is 0 Å². The number of nitrogens with zero attached hydrogens (tertiary/aromatic N) is 4. The Balaban J connectivity index is 0.00000338. The van der Waals surface area contributed by atoms with Gasteiger partial charge in [0.05, 0.1) is 11.4 Å². The van der Waals surface area contributed by atoms with Crippen molar-refractivity contribution in [2.24, 2.45) is 12.0 Å². The summed E-state index contributed by atoms with van der Waals surface area (Å²) in [5.41, 5.74) is 4.56. The highest BCUT2D eigenvalue weighted by molar-refractivity contribution is 14.0. The van der Waals surface area contributed by atoms with Crippen molar-refractivity contribution in [1.82, 2.24) is 25.6 Å². The van der Waals surface area contributed by atoms with Gasteiger partial charge in [0.15, 0.2) is 11.7 Å². The van der Waals surface area contributed by atoms with Crippen LogP contribution in [0.3, 0.4) is 0 Å². The van der Waals surface area contributed by atoms with Crippen LogP contribution in [0.2, 0.25) is 0 Å². The molecule has 146 valence electrons. The summed E-state index contributed by atoms with van der Waals surface area (Å²) in [6.45, 7) is 12.5. The normalized spacial score (nSPS) is 11.6. The monoisotopic (exact) mass is 474 g/mol. The summed E-state index contributed by atoms with van der Waals surface area (Å²) < 4.78 is 7.27. The van der Waals surface area contributed by atoms with Gasteiger partial charge < -0.3 is 15.2 Å². The maximum Gasteiger partial charge on any atom is 0.191 e. The summed E-state index contributed by atoms with van der Waals surface area (Å²) in [7, 11) is 1.98. The van der Waals surface area contributed by atoms with Crippen LogP contribution >= 0.6 is 24.0 Å². The topological polar surface area (TPSA) is 80.3 Å². The molecule has 0 aliphatic carbocycles. The molecule has 0 saturated heterocycles. The lowest BCUT2D eigenvalue weighted by Gasteiger charge is -2.11. The van der Waals surface area contributed by atoms with Crippen LogP contribution in [0, 0.1) is 13.8 Å². The molecule has 2 aromatic rings. The van der Waals surface area contributed by atoms with E-state index in [1.807, 2.05) is 17.8 Å². The first kappa shape index (κ1) is 22.5. The van der Waals surface area contributed by atoms with Crippen molar-refractivity contribution in [3.8, 4) is 0 Å². The number of rotatable bonds is 7. The Morgan fingerprint density at radius 2 is 2.04 bits per heavy atom. The number of halogens is 1. The molecular weight excluding hydrogens is 443 g/mol. The van der Waals surface area contributed by atoms with Gasteiger partial charge in [0.1, 0.15) is 6.54 Å². The van der Waals surface area contributed by atoms with Crippen LogP contribution in [0.15, 0.2) is 15.6 Å². The predicted octanol–water partition coefficient (Wildman–Crippen LogP) is 3.06. The molecule has 7 nitrogen and oxygen atoms in total. The molecule has 0 bridgehead atoms. The molecule has 0 atom stereocenters. The van der Waals surface area contributed by atoms with E-state index in [1.165, 1.54) is 11.3 Å². The Morgan fingerprint density at radius 1 is 1.31 bits per heavy atom. The van der Waals surface area contributed by atoms with E-state index in [0.29, 0.717) is 12.5 Å². The average Bonchev–Trinajstić information content (AvgIpc) is 3.13. The van der Waals surface area contributed by atoms with Gasteiger partial charge in [-0.25, -0.2) is 4.99 Å². The summed E-state index contributed by atoms with van der Waals surface area (Å²) in [5.74, 6) is 1.92. The largest absolute Gasteiger partial charge is 0.359 e. The van der Waals surface area contributed by atoms with Gasteiger partial charge in [0, 0.05) is 31.9 Å². The number of hydrogen-bond acceptors (Lipinski definition) is 4. The summed E-state index contributed by atoms with van der Waals surface area (Å²) in [6, 6.07) is 1.97. The van der Waals surface area contributed by atoms with E-state index in [-0.39, 0.29) is 24.0 Å². The predicted molar refractivity (Wildman–Crippen MR) is 115 cm³/mol. The molecule has 0 aliphatic rings. The van der Waals surface area contributed by atoms with Gasteiger partial charge >= 0.3 is 0 Å². The fourth-order valence-electron chi connectivity index (χ4n) is 2.66. The zero-order valence-corrected chi connectivity index (χ0v) is 18.9. The number of aromatic nitrogens is 3. The van der Waals surface area contributed by atoms with Gasteiger partial charge in [0.25, 0.3) is 0 Å². The molecule has 0 saturated carbocycles. The molecule has 2 rings (SSSR count). The molecule has 8 heteroatoms. The second kappa shape index (κ2) is 10.5. The van der Waals surface area contributed by atoms with Crippen LogP contribution < -0.4 is 10.6 Å². The van der Waals surface area contributed by atoms with E-state index in [0.717, 1.165) is 42.6 Å². The number of nitrogens with one attached hydrogen (secondary N) is 2. The van der Waals surface area contributed by atoms with Crippen LogP contribution in [-0.4, -0.2) is 34.0 Å². The quantitative estimate of drug-likeness (QED) is 0.367. The molecule has 26 heavy (non-hydrogen) atoms. The fraction of sp³-hybridized carbons (Fsp3) is 0.611. The minimum Gasteiger partial charge on any atom is -0.359 e. The molecule has 0 amide bonds. The standard InChI is InChI=1S/C18H30N6O.HI/c1-7-19-18(21-11-15-10-17(12(2)3)23-25-15)20-9-8-16-13(4)22-24(6)14(16)5;/h10,12H,7-9,11H2,1-6H3,(H2,19,20,21);1H. The molecular formula is C18H31IN6O. The van der Waals surface area contributed by atoms with E-state index in [2.05, 4.69) is 60.5 Å². The third-order valence-electron chi connectivity index (χ3n) is 4.23. The highest BCUT2D eigenvalue weighted by Crippen LogP contribution is 2.14. The SMILES string of the molecule is CCNC(=NCc1cc(C(C)C)no1)NCCc1c(C)nn(C)c1C.I. The zero-order valence-electron chi connectivity index (χ0n) is 16.6. The van der Waals surface area contributed by atoms with Gasteiger partial charge in [0.2, 0.25) is 0 Å². The van der Waals surface area contributed by atoms with E-state index >= 15 is 0 Å². The Morgan fingerprint density at radius 3 is 2.58 bits per heavy atom. The van der Waals surface area contributed by atoms with E-state index in [4.69, 9.17) is 4.52 Å². The second-order valence-electron chi connectivity index (χ2n) is 6.52. The maximum absolute atomic E-state index is 5.34. The van der Waals surface area contributed by atoms with E-state index < -0.39 is 0 Å². The maximum atomic E-state index is 5.34. The molecule has 0 aliphatic heterocycles. The van der Waals surface area contributed by atoms with Crippen LogP contribution in [0.1, 0.15) is 55.1 Å². The van der Waals surface area contributed by atoms with Crippen LogP contribution in [0.4, 0.5) is 0 Å². The van der Waals surface area contributed by atoms with Crippen molar-refractivity contribution in [3.05, 3.63) is 34.5 Å². The lowest BCUT2D eigenvalue weighted by molar-refractivity contribution is 0.376. The van der Waals surface area contributed by atoms with Gasteiger partial charge in [-0.2, -0.15) is 5.10 Å². The molecule has 0 spiro atoms. The highest BCUT2D eigenvalue weighted by atomic mass is 127. The Kier molecular flexibility index (Phi) is 9.11. The molecule has 0 radical (unpaired) electrons. The van der Waals surface area contributed by atoms with Gasteiger partial charge in [-0.15, -0.1) is 24.0 Å². The van der Waals surface area contributed by atoms with Crippen molar-refractivity contribution < 1.29 is 4.52 Å². The van der Waals surface area contributed by atoms with E-state index in [1.54, 1.807) is 0 Å². The second-order valence-corrected chi connectivity index (χ2v) is 6.52. The van der Waals surface area contributed by atoms with Crippen molar-refractivity contribution in [2.45, 2.75) is 53.5 Å². The van der Waals surface area contributed by atoms with Gasteiger partial charge in [-0.3, -0.25) is 4.68 Å². The molecule has 0 fully saturated rings. The Bertz CT molecular complexity index is 719. The minimum absolute atomic E-state index is 0. The smallest absolute Gasteiger partial charge is 0.191 e. The third kappa shape index (κ3) is 6.00. The Labute approximate surface area is 173 Å². The summed E-state index contributed by atoms with van der Waals surface area (Å²) in [6.07, 6.45) is 0.912. The number of aryl methyl sites for hydroxylation is 2. The molecule has 2 aromatic heterocycles. The summed E-state index contributed by atoms with van der Waals surface area (Å²) in [5, 5.41) is 15.2. The number of guanidine groups is 1. The van der Waals surface area contributed by atoms with Crippen molar-refractivity contribution in [3.63, 3.8) is 0 Å². The number of hydrogen-bond donors (Lipinski definition) is 2. The van der Waals surface area contributed by atoms with Crippen LogP contribution in [0.5, 0.6) is 0 Å². The zero-order chi connectivity index (χ0) is 18.4. The van der Waals surface area contributed by atoms with Crippen LogP contribution in [-0.2, 0) is 20.0 Å². The first-order valence-electron chi connectivity index (χ1n) is 8.89. The summed E-state index contributed by atoms with van der Waals surface area (Å²) >= 11 is 0. The number of aliphatic imine (C=N–C) groups is 1. The van der Waals surface area contributed by atoms with Gasteiger partial charge in [-0.1, -0.05) is 19.0 Å².